The Balaban J connectivity index is 1.45. The number of anilines is 1. The van der Waals surface area contributed by atoms with Crippen molar-refractivity contribution in [3.05, 3.63) is 54.0 Å². The van der Waals surface area contributed by atoms with E-state index in [-0.39, 0.29) is 11.8 Å². The Morgan fingerprint density at radius 3 is 2.48 bits per heavy atom. The minimum atomic E-state index is -0.0792. The van der Waals surface area contributed by atoms with Gasteiger partial charge in [-0.3, -0.25) is 9.59 Å². The molecular weight excluding hydrogens is 318 g/mol. The largest absolute Gasteiger partial charge is 0.459 e. The van der Waals surface area contributed by atoms with Crippen LogP contribution in [0.25, 0.3) is 0 Å². The van der Waals surface area contributed by atoms with Crippen molar-refractivity contribution in [1.29, 1.82) is 0 Å². The van der Waals surface area contributed by atoms with Crippen molar-refractivity contribution >= 4 is 17.5 Å². The number of quaternary nitrogens is 1. The summed E-state index contributed by atoms with van der Waals surface area (Å²) in [5.74, 6) is 0.297. The summed E-state index contributed by atoms with van der Waals surface area (Å²) < 4.78 is 5.16. The number of hydrogen-bond acceptors (Lipinski definition) is 3. The van der Waals surface area contributed by atoms with Crippen LogP contribution < -0.4 is 10.2 Å². The number of hydrogen-bond donors (Lipinski definition) is 2. The van der Waals surface area contributed by atoms with Gasteiger partial charge in [0.1, 0.15) is 0 Å². The lowest BCUT2D eigenvalue weighted by Crippen LogP contribution is -3.15. The van der Waals surface area contributed by atoms with Crippen molar-refractivity contribution in [3.63, 3.8) is 0 Å². The molecule has 0 unspecified atom stereocenters. The monoisotopic (exact) mass is 342 g/mol. The van der Waals surface area contributed by atoms with Crippen LogP contribution in [-0.2, 0) is 11.2 Å². The third-order valence-electron chi connectivity index (χ3n) is 4.55. The number of carbonyl (C=O) groups is 2. The van der Waals surface area contributed by atoms with Crippen LogP contribution in [0, 0.1) is 0 Å². The van der Waals surface area contributed by atoms with E-state index < -0.39 is 0 Å². The lowest BCUT2D eigenvalue weighted by molar-refractivity contribution is -0.895. The van der Waals surface area contributed by atoms with Gasteiger partial charge < -0.3 is 19.5 Å². The first-order valence-corrected chi connectivity index (χ1v) is 8.71. The zero-order valence-electron chi connectivity index (χ0n) is 14.5. The minimum Gasteiger partial charge on any atom is -0.459 e. The Labute approximate surface area is 147 Å². The fourth-order valence-corrected chi connectivity index (χ4v) is 3.01. The highest BCUT2D eigenvalue weighted by atomic mass is 16.3. The second-order valence-electron chi connectivity index (χ2n) is 6.29. The number of rotatable bonds is 5. The van der Waals surface area contributed by atoms with Gasteiger partial charge in [0.05, 0.1) is 32.4 Å². The number of nitrogens with one attached hydrogen (secondary N) is 2. The summed E-state index contributed by atoms with van der Waals surface area (Å²) >= 11 is 0. The molecule has 0 aliphatic carbocycles. The predicted octanol–water partition coefficient (Wildman–Crippen LogP) is 0.821. The maximum absolute atomic E-state index is 12.2. The molecule has 1 aliphatic heterocycles. The molecule has 1 aromatic heterocycles. The van der Waals surface area contributed by atoms with Gasteiger partial charge in [-0.15, -0.1) is 0 Å². The van der Waals surface area contributed by atoms with E-state index in [2.05, 4.69) is 12.2 Å². The van der Waals surface area contributed by atoms with Gasteiger partial charge in [0.15, 0.2) is 12.3 Å². The number of nitrogens with zero attached hydrogens (tertiary/aromatic N) is 1. The van der Waals surface area contributed by atoms with Gasteiger partial charge in [-0.25, -0.2) is 0 Å². The molecule has 2 amide bonds. The lowest BCUT2D eigenvalue weighted by atomic mass is 10.1. The first kappa shape index (κ1) is 17.2. The van der Waals surface area contributed by atoms with E-state index in [0.29, 0.717) is 25.4 Å². The first-order valence-electron chi connectivity index (χ1n) is 8.71. The Kier molecular flexibility index (Phi) is 5.50. The molecule has 0 atom stereocenters. The number of amides is 2. The van der Waals surface area contributed by atoms with Crippen molar-refractivity contribution in [2.75, 3.05) is 38.0 Å². The number of benzene rings is 1. The zero-order chi connectivity index (χ0) is 17.6. The van der Waals surface area contributed by atoms with Gasteiger partial charge in [0.25, 0.3) is 11.8 Å². The molecule has 3 rings (SSSR count). The SMILES string of the molecule is CCc1ccc(NC(=O)C[NH+]2CCN(C(=O)c3ccco3)CC2)cc1. The molecule has 2 N–H and O–H groups in total. The second kappa shape index (κ2) is 7.98. The summed E-state index contributed by atoms with van der Waals surface area (Å²) in [6, 6.07) is 11.3. The van der Waals surface area contributed by atoms with Crippen LogP contribution in [0.4, 0.5) is 5.69 Å². The van der Waals surface area contributed by atoms with Crippen LogP contribution in [0.1, 0.15) is 23.0 Å². The molecular formula is C19H24N3O3+. The molecule has 132 valence electrons. The number of aryl methyl sites for hydroxylation is 1. The van der Waals surface area contributed by atoms with Crippen molar-refractivity contribution in [1.82, 2.24) is 4.90 Å². The molecule has 0 bridgehead atoms. The fraction of sp³-hybridized carbons (Fsp3) is 0.368. The molecule has 6 heteroatoms. The third-order valence-corrected chi connectivity index (χ3v) is 4.55. The number of piperazine rings is 1. The van der Waals surface area contributed by atoms with Crippen LogP contribution in [0.15, 0.2) is 47.1 Å². The zero-order valence-corrected chi connectivity index (χ0v) is 14.5. The van der Waals surface area contributed by atoms with Gasteiger partial charge >= 0.3 is 0 Å². The average molecular weight is 342 g/mol. The number of furan rings is 1. The van der Waals surface area contributed by atoms with E-state index >= 15 is 0 Å². The van der Waals surface area contributed by atoms with Gasteiger partial charge in [-0.2, -0.15) is 0 Å². The Morgan fingerprint density at radius 2 is 1.88 bits per heavy atom. The van der Waals surface area contributed by atoms with Gasteiger partial charge in [0, 0.05) is 5.69 Å². The highest BCUT2D eigenvalue weighted by molar-refractivity contribution is 5.92. The smallest absolute Gasteiger partial charge is 0.289 e. The molecule has 6 nitrogen and oxygen atoms in total. The topological polar surface area (TPSA) is 67.0 Å². The minimum absolute atomic E-state index is 0.00468. The molecule has 25 heavy (non-hydrogen) atoms. The molecule has 2 heterocycles. The molecule has 0 spiro atoms. The highest BCUT2D eigenvalue weighted by Gasteiger charge is 2.27. The molecule has 0 saturated carbocycles. The van der Waals surface area contributed by atoms with Crippen LogP contribution in [-0.4, -0.2) is 49.4 Å². The van der Waals surface area contributed by atoms with Crippen molar-refractivity contribution in [2.24, 2.45) is 0 Å². The molecule has 1 fully saturated rings. The van der Waals surface area contributed by atoms with Crippen LogP contribution in [0.3, 0.4) is 0 Å². The fourth-order valence-electron chi connectivity index (χ4n) is 3.01. The summed E-state index contributed by atoms with van der Waals surface area (Å²) in [7, 11) is 0. The number of carbonyl (C=O) groups excluding carboxylic acids is 2. The summed E-state index contributed by atoms with van der Waals surface area (Å²) in [6.45, 7) is 5.30. The van der Waals surface area contributed by atoms with Crippen molar-refractivity contribution in [2.45, 2.75) is 13.3 Å². The van der Waals surface area contributed by atoms with Gasteiger partial charge in [-0.05, 0) is 36.2 Å². The van der Waals surface area contributed by atoms with E-state index in [4.69, 9.17) is 4.42 Å². The van der Waals surface area contributed by atoms with E-state index in [1.165, 1.54) is 16.7 Å². The molecule has 0 radical (unpaired) electrons. The quantitative estimate of drug-likeness (QED) is 0.845. The molecule has 1 aromatic carbocycles. The van der Waals surface area contributed by atoms with Crippen LogP contribution in [0.2, 0.25) is 0 Å². The Morgan fingerprint density at radius 1 is 1.16 bits per heavy atom. The van der Waals surface area contributed by atoms with Crippen molar-refractivity contribution < 1.29 is 18.9 Å². The lowest BCUT2D eigenvalue weighted by Gasteiger charge is -2.31. The summed E-state index contributed by atoms with van der Waals surface area (Å²) in [4.78, 5) is 27.4. The highest BCUT2D eigenvalue weighted by Crippen LogP contribution is 2.09. The average Bonchev–Trinajstić information content (AvgIpc) is 3.17. The first-order chi connectivity index (χ1) is 12.2. The van der Waals surface area contributed by atoms with Gasteiger partial charge in [0.2, 0.25) is 0 Å². The third kappa shape index (κ3) is 4.48. The van der Waals surface area contributed by atoms with Crippen molar-refractivity contribution in [3.8, 4) is 0 Å². The summed E-state index contributed by atoms with van der Waals surface area (Å²) in [5.41, 5.74) is 2.08. The summed E-state index contributed by atoms with van der Waals surface area (Å²) in [5, 5.41) is 2.94. The predicted molar refractivity (Wildman–Crippen MR) is 94.6 cm³/mol. The standard InChI is InChI=1S/C19H23N3O3/c1-2-15-5-7-16(8-6-15)20-18(23)14-21-9-11-22(12-10-21)19(24)17-4-3-13-25-17/h3-8,13H,2,9-12,14H2,1H3,(H,20,23)/p+1. The Bertz CT molecular complexity index is 702. The summed E-state index contributed by atoms with van der Waals surface area (Å²) in [6.07, 6.45) is 2.49. The molecule has 1 aliphatic rings. The molecule has 1 saturated heterocycles. The molecule has 2 aromatic rings. The van der Waals surface area contributed by atoms with Crippen LogP contribution >= 0.6 is 0 Å². The van der Waals surface area contributed by atoms with Gasteiger partial charge in [-0.1, -0.05) is 19.1 Å². The van der Waals surface area contributed by atoms with E-state index in [9.17, 15) is 9.59 Å². The van der Waals surface area contributed by atoms with Crippen LogP contribution in [0.5, 0.6) is 0 Å². The second-order valence-corrected chi connectivity index (χ2v) is 6.29. The van der Waals surface area contributed by atoms with E-state index in [0.717, 1.165) is 25.2 Å². The Hall–Kier alpha value is -2.60. The van der Waals surface area contributed by atoms with E-state index in [1.54, 1.807) is 17.0 Å². The maximum Gasteiger partial charge on any atom is 0.289 e. The van der Waals surface area contributed by atoms with E-state index in [1.807, 2.05) is 24.3 Å². The maximum atomic E-state index is 12.2. The normalized spacial score (nSPS) is 15.2.